The average molecular weight is 255 g/mol. The summed E-state index contributed by atoms with van der Waals surface area (Å²) < 4.78 is 0. The number of benzene rings is 1. The van der Waals surface area contributed by atoms with Crippen LogP contribution in [0.3, 0.4) is 0 Å². The largest absolute Gasteiger partial charge is 0.312 e. The van der Waals surface area contributed by atoms with Crippen LogP contribution in [-0.4, -0.2) is 11.5 Å². The highest BCUT2D eigenvalue weighted by Crippen LogP contribution is 2.26. The molecule has 4 nitrogen and oxygen atoms in total. The molecule has 1 aliphatic carbocycles. The van der Waals surface area contributed by atoms with Gasteiger partial charge in [0.05, 0.1) is 4.92 Å². The predicted molar refractivity (Wildman–Crippen MR) is 67.2 cm³/mol. The van der Waals surface area contributed by atoms with Crippen molar-refractivity contribution in [1.82, 2.24) is 5.32 Å². The molecule has 0 atom stereocenters. The summed E-state index contributed by atoms with van der Waals surface area (Å²) in [6.45, 7) is 1.66. The first-order valence-corrected chi connectivity index (χ1v) is 6.18. The molecule has 1 N–H and O–H groups in total. The number of hydrogen-bond acceptors (Lipinski definition) is 3. The maximum atomic E-state index is 10.7. The average Bonchev–Trinajstić information content (AvgIpc) is 2.23. The minimum atomic E-state index is -0.447. The zero-order chi connectivity index (χ0) is 12.3. The maximum absolute atomic E-state index is 10.7. The quantitative estimate of drug-likeness (QED) is 0.649. The van der Waals surface area contributed by atoms with E-state index in [0.717, 1.165) is 18.0 Å². The van der Waals surface area contributed by atoms with Crippen LogP contribution in [0.4, 0.5) is 5.69 Å². The van der Waals surface area contributed by atoms with Gasteiger partial charge in [-0.2, -0.15) is 0 Å². The molecule has 5 heteroatoms. The fourth-order valence-corrected chi connectivity index (χ4v) is 2.11. The number of nitrogens with zero attached hydrogens (tertiary/aromatic N) is 1. The Balaban J connectivity index is 1.91. The van der Waals surface area contributed by atoms with Gasteiger partial charge in [0.25, 0.3) is 5.69 Å². The molecule has 1 aromatic rings. The third kappa shape index (κ3) is 3.17. The van der Waals surface area contributed by atoms with E-state index in [-0.39, 0.29) is 10.7 Å². The number of nitro groups is 1. The normalized spacial score (nSPS) is 15.6. The molecule has 0 saturated heterocycles. The van der Waals surface area contributed by atoms with Crippen LogP contribution < -0.4 is 5.32 Å². The molecule has 0 aromatic heterocycles. The standard InChI is InChI=1S/C12H15ClN2O2/c13-11-5-4-10(6-12(11)15(16)17)8-14-7-9-2-1-3-9/h4-6,9,14H,1-3,7-8H2. The number of nitro benzene ring substituents is 1. The lowest BCUT2D eigenvalue weighted by Crippen LogP contribution is -2.26. The monoisotopic (exact) mass is 254 g/mol. The number of halogens is 1. The molecule has 1 aliphatic rings. The second kappa shape index (κ2) is 5.47. The van der Waals surface area contributed by atoms with Crippen molar-refractivity contribution in [2.24, 2.45) is 5.92 Å². The first-order chi connectivity index (χ1) is 8.16. The molecule has 1 fully saturated rings. The molecule has 1 saturated carbocycles. The fraction of sp³-hybridized carbons (Fsp3) is 0.500. The van der Waals surface area contributed by atoms with Gasteiger partial charge >= 0.3 is 0 Å². The van der Waals surface area contributed by atoms with Gasteiger partial charge in [-0.05, 0) is 36.9 Å². The molecule has 2 rings (SSSR count). The minimum absolute atomic E-state index is 0.0189. The van der Waals surface area contributed by atoms with Crippen molar-refractivity contribution in [3.63, 3.8) is 0 Å². The highest BCUT2D eigenvalue weighted by atomic mass is 35.5. The van der Waals surface area contributed by atoms with Crippen molar-refractivity contribution in [2.45, 2.75) is 25.8 Å². The molecule has 0 spiro atoms. The van der Waals surface area contributed by atoms with E-state index >= 15 is 0 Å². The van der Waals surface area contributed by atoms with Crippen LogP contribution in [0, 0.1) is 16.0 Å². The van der Waals surface area contributed by atoms with E-state index in [1.54, 1.807) is 6.07 Å². The third-order valence-corrected chi connectivity index (χ3v) is 3.51. The molecular formula is C12H15ClN2O2. The second-order valence-corrected chi connectivity index (χ2v) is 4.88. The van der Waals surface area contributed by atoms with Gasteiger partial charge in [0.15, 0.2) is 0 Å². The van der Waals surface area contributed by atoms with E-state index in [9.17, 15) is 10.1 Å². The summed E-state index contributed by atoms with van der Waals surface area (Å²) in [6.07, 6.45) is 3.93. The van der Waals surface area contributed by atoms with Crippen LogP contribution in [0.1, 0.15) is 24.8 Å². The van der Waals surface area contributed by atoms with Crippen molar-refractivity contribution in [3.05, 3.63) is 38.9 Å². The number of rotatable bonds is 5. The molecule has 0 heterocycles. The lowest BCUT2D eigenvalue weighted by atomic mass is 9.85. The van der Waals surface area contributed by atoms with E-state index in [4.69, 9.17) is 11.6 Å². The zero-order valence-corrected chi connectivity index (χ0v) is 10.2. The lowest BCUT2D eigenvalue weighted by Gasteiger charge is -2.25. The summed E-state index contributed by atoms with van der Waals surface area (Å²) in [5.74, 6) is 0.789. The fourth-order valence-electron chi connectivity index (χ4n) is 1.93. The lowest BCUT2D eigenvalue weighted by molar-refractivity contribution is -0.384. The summed E-state index contributed by atoms with van der Waals surface area (Å²) in [5, 5.41) is 14.2. The molecule has 0 amide bonds. The summed E-state index contributed by atoms with van der Waals surface area (Å²) in [4.78, 5) is 10.3. The molecular weight excluding hydrogens is 240 g/mol. The maximum Gasteiger partial charge on any atom is 0.288 e. The van der Waals surface area contributed by atoms with Crippen LogP contribution in [0.15, 0.2) is 18.2 Å². The Morgan fingerprint density at radius 1 is 1.47 bits per heavy atom. The molecule has 0 aliphatic heterocycles. The Kier molecular flexibility index (Phi) is 3.97. The third-order valence-electron chi connectivity index (χ3n) is 3.19. The molecule has 0 radical (unpaired) electrons. The molecule has 92 valence electrons. The summed E-state index contributed by atoms with van der Waals surface area (Å²) in [5.41, 5.74) is 0.884. The Morgan fingerprint density at radius 3 is 2.82 bits per heavy atom. The van der Waals surface area contributed by atoms with Crippen LogP contribution in [-0.2, 0) is 6.54 Å². The Labute approximate surface area is 105 Å². The van der Waals surface area contributed by atoms with Gasteiger partial charge in [-0.1, -0.05) is 24.1 Å². The van der Waals surface area contributed by atoms with Crippen molar-refractivity contribution >= 4 is 17.3 Å². The van der Waals surface area contributed by atoms with E-state index in [1.807, 2.05) is 6.07 Å². The molecule has 0 bridgehead atoms. The summed E-state index contributed by atoms with van der Waals surface area (Å²) in [6, 6.07) is 4.94. The van der Waals surface area contributed by atoms with Gasteiger partial charge in [-0.15, -0.1) is 0 Å². The Bertz CT molecular complexity index is 419. The van der Waals surface area contributed by atoms with Gasteiger partial charge in [-0.25, -0.2) is 0 Å². The van der Waals surface area contributed by atoms with Crippen molar-refractivity contribution in [3.8, 4) is 0 Å². The van der Waals surface area contributed by atoms with Gasteiger partial charge in [0.2, 0.25) is 0 Å². The zero-order valence-electron chi connectivity index (χ0n) is 9.49. The van der Waals surface area contributed by atoms with Gasteiger partial charge in [-0.3, -0.25) is 10.1 Å². The van der Waals surface area contributed by atoms with Crippen LogP contribution >= 0.6 is 11.6 Å². The second-order valence-electron chi connectivity index (χ2n) is 4.47. The molecule has 1 aromatic carbocycles. The van der Waals surface area contributed by atoms with Crippen molar-refractivity contribution < 1.29 is 4.92 Å². The van der Waals surface area contributed by atoms with E-state index in [2.05, 4.69) is 5.32 Å². The van der Waals surface area contributed by atoms with Gasteiger partial charge < -0.3 is 5.32 Å². The SMILES string of the molecule is O=[N+]([O-])c1cc(CNCC2CCC2)ccc1Cl. The number of hydrogen-bond donors (Lipinski definition) is 1. The van der Waals surface area contributed by atoms with Crippen molar-refractivity contribution in [1.29, 1.82) is 0 Å². The van der Waals surface area contributed by atoms with E-state index in [1.165, 1.54) is 25.3 Å². The first kappa shape index (κ1) is 12.3. The highest BCUT2D eigenvalue weighted by molar-refractivity contribution is 6.32. The first-order valence-electron chi connectivity index (χ1n) is 5.80. The van der Waals surface area contributed by atoms with Crippen molar-refractivity contribution in [2.75, 3.05) is 6.54 Å². The Hall–Kier alpha value is -1.13. The van der Waals surface area contributed by atoms with E-state index < -0.39 is 4.92 Å². The highest BCUT2D eigenvalue weighted by Gasteiger charge is 2.17. The van der Waals surface area contributed by atoms with Crippen LogP contribution in [0.2, 0.25) is 5.02 Å². The minimum Gasteiger partial charge on any atom is -0.312 e. The van der Waals surface area contributed by atoms with E-state index in [0.29, 0.717) is 6.54 Å². The molecule has 0 unspecified atom stereocenters. The van der Waals surface area contributed by atoms with Crippen LogP contribution in [0.5, 0.6) is 0 Å². The molecule has 17 heavy (non-hydrogen) atoms. The summed E-state index contributed by atoms with van der Waals surface area (Å²) in [7, 11) is 0. The van der Waals surface area contributed by atoms with Gasteiger partial charge in [0, 0.05) is 12.6 Å². The van der Waals surface area contributed by atoms with Crippen LogP contribution in [0.25, 0.3) is 0 Å². The van der Waals surface area contributed by atoms with Gasteiger partial charge in [0.1, 0.15) is 5.02 Å². The Morgan fingerprint density at radius 2 is 2.24 bits per heavy atom. The summed E-state index contributed by atoms with van der Waals surface area (Å²) >= 11 is 5.75. The topological polar surface area (TPSA) is 55.2 Å². The number of nitrogens with one attached hydrogen (secondary N) is 1. The smallest absolute Gasteiger partial charge is 0.288 e. The predicted octanol–water partition coefficient (Wildman–Crippen LogP) is 3.14.